The number of hydrogen-bond donors (Lipinski definition) is 0. The summed E-state index contributed by atoms with van der Waals surface area (Å²) < 4.78 is 11.1. The molecule has 1 spiro atoms. The van der Waals surface area contributed by atoms with Gasteiger partial charge in [0.25, 0.3) is 0 Å². The Morgan fingerprint density at radius 3 is 2.93 bits per heavy atom. The number of hydrogen-bond acceptors (Lipinski definition) is 6. The van der Waals surface area contributed by atoms with Crippen molar-refractivity contribution in [1.82, 2.24) is 5.06 Å². The molecule has 4 aliphatic heterocycles. The highest BCUT2D eigenvalue weighted by atomic mass is 16.8. The minimum atomic E-state index is -0.512. The Labute approximate surface area is 157 Å². The van der Waals surface area contributed by atoms with Crippen LogP contribution in [0.2, 0.25) is 0 Å². The van der Waals surface area contributed by atoms with E-state index in [4.69, 9.17) is 19.3 Å². The molecule has 6 bridgehead atoms. The van der Waals surface area contributed by atoms with E-state index in [0.717, 1.165) is 23.4 Å². The molecular weight excluding hydrogens is 344 g/mol. The Morgan fingerprint density at radius 2 is 2.19 bits per heavy atom. The first-order valence-electron chi connectivity index (χ1n) is 9.58. The smallest absolute Gasteiger partial charge is 0.310 e. The highest BCUT2D eigenvalue weighted by molar-refractivity contribution is 6.10. The zero-order valence-electron chi connectivity index (χ0n) is 15.6. The summed E-state index contributed by atoms with van der Waals surface area (Å²) in [4.78, 5) is 24.5. The van der Waals surface area contributed by atoms with Gasteiger partial charge in [0.2, 0.25) is 0 Å². The van der Waals surface area contributed by atoms with Crippen LogP contribution in [0.3, 0.4) is 0 Å². The zero-order valence-corrected chi connectivity index (χ0v) is 15.6. The van der Waals surface area contributed by atoms with Crippen molar-refractivity contribution in [3.05, 3.63) is 41.5 Å². The Balaban J connectivity index is 1.70. The summed E-state index contributed by atoms with van der Waals surface area (Å²) >= 11 is 0. The second-order valence-electron chi connectivity index (χ2n) is 8.07. The molecule has 7 rings (SSSR count). The molecule has 6 heteroatoms. The van der Waals surface area contributed by atoms with Crippen LogP contribution < -0.4 is 0 Å². The molecule has 4 heterocycles. The topological polar surface area (TPSA) is 60.4 Å². The molecule has 8 atom stereocenters. The lowest BCUT2D eigenvalue weighted by atomic mass is 9.42. The summed E-state index contributed by atoms with van der Waals surface area (Å²) in [6, 6.07) is 8.42. The maximum Gasteiger partial charge on any atom is 0.310 e. The van der Waals surface area contributed by atoms with Crippen LogP contribution in [0, 0.1) is 17.8 Å². The molecule has 1 aromatic carbocycles. The number of rotatable bonds is 2. The Morgan fingerprint density at radius 1 is 1.37 bits per heavy atom. The third-order valence-corrected chi connectivity index (χ3v) is 7.46. The molecule has 2 unspecified atom stereocenters. The fourth-order valence-electron chi connectivity index (χ4n) is 6.79. The van der Waals surface area contributed by atoms with Crippen molar-refractivity contribution in [1.29, 1.82) is 0 Å². The summed E-state index contributed by atoms with van der Waals surface area (Å²) in [6.45, 7) is 2.06. The number of allylic oxidation sites excluding steroid dienone is 1. The summed E-state index contributed by atoms with van der Waals surface area (Å²) in [5.41, 5.74) is 3.93. The van der Waals surface area contributed by atoms with E-state index in [1.165, 1.54) is 12.7 Å². The first-order valence-corrected chi connectivity index (χ1v) is 9.58. The number of esters is 1. The number of benzene rings is 1. The first kappa shape index (κ1) is 16.0. The lowest BCUT2D eigenvalue weighted by molar-refractivity contribution is -0.243. The SMILES string of the molecule is CC=C1C2[C@@H]3[C@@H](OC)ON2[C@H]2C[C@@H]1[C@@H](C(=O)OC)[C@]31C2=Nc2ccccc21. The van der Waals surface area contributed by atoms with E-state index in [1.54, 1.807) is 7.11 Å². The predicted octanol–water partition coefficient (Wildman–Crippen LogP) is 2.37. The molecule has 5 fully saturated rings. The number of para-hydroxylation sites is 1. The quantitative estimate of drug-likeness (QED) is 0.594. The molecule has 0 amide bonds. The van der Waals surface area contributed by atoms with E-state index in [2.05, 4.69) is 24.1 Å². The second kappa shape index (κ2) is 5.07. The normalized spacial score (nSPS) is 46.4. The lowest BCUT2D eigenvalue weighted by Crippen LogP contribution is -2.75. The minimum Gasteiger partial charge on any atom is -0.469 e. The van der Waals surface area contributed by atoms with Gasteiger partial charge in [-0.3, -0.25) is 14.6 Å². The van der Waals surface area contributed by atoms with Crippen molar-refractivity contribution in [3.8, 4) is 0 Å². The Bertz CT molecular complexity index is 925. The fourth-order valence-corrected chi connectivity index (χ4v) is 6.79. The molecule has 6 nitrogen and oxygen atoms in total. The summed E-state index contributed by atoms with van der Waals surface area (Å²) in [5, 5.41) is 2.10. The monoisotopic (exact) mass is 366 g/mol. The first-order chi connectivity index (χ1) is 13.2. The predicted molar refractivity (Wildman–Crippen MR) is 97.4 cm³/mol. The van der Waals surface area contributed by atoms with Gasteiger partial charge in [-0.1, -0.05) is 29.8 Å². The van der Waals surface area contributed by atoms with Gasteiger partial charge in [-0.15, -0.1) is 0 Å². The number of methoxy groups -OCH3 is 2. The standard InChI is InChI=1S/C21H22N2O4/c1-4-10-11-9-14-18-21(15(11)19(24)25-2,12-7-5-6-8-13(12)22-18)16-17(10)23(14)27-20(16)26-3/h4-8,11,14-17,20H,9H2,1-3H3/t11-,14-,15-,16+,17?,20-,21-/m0/s1. The number of ether oxygens (including phenoxy) is 2. The van der Waals surface area contributed by atoms with E-state index in [-0.39, 0.29) is 35.8 Å². The molecule has 1 aromatic rings. The average molecular weight is 366 g/mol. The molecule has 0 radical (unpaired) electrons. The van der Waals surface area contributed by atoms with Crippen molar-refractivity contribution in [3.63, 3.8) is 0 Å². The van der Waals surface area contributed by atoms with Gasteiger partial charge in [-0.2, -0.15) is 5.06 Å². The van der Waals surface area contributed by atoms with E-state index in [1.807, 2.05) is 18.2 Å². The number of aliphatic imine (C=N–C) groups is 1. The fraction of sp³-hybridized carbons (Fsp3) is 0.524. The van der Waals surface area contributed by atoms with E-state index in [0.29, 0.717) is 0 Å². The van der Waals surface area contributed by atoms with Gasteiger partial charge in [0.1, 0.15) is 0 Å². The molecule has 2 aliphatic carbocycles. The Hall–Kier alpha value is -2.02. The molecule has 0 aromatic heterocycles. The van der Waals surface area contributed by atoms with Gasteiger partial charge in [0.05, 0.1) is 41.9 Å². The van der Waals surface area contributed by atoms with Gasteiger partial charge in [-0.05, 0) is 30.9 Å². The van der Waals surface area contributed by atoms with Crippen LogP contribution in [0.5, 0.6) is 0 Å². The third-order valence-electron chi connectivity index (χ3n) is 7.46. The summed E-state index contributed by atoms with van der Waals surface area (Å²) in [5.74, 6) is -0.326. The molecule has 2 saturated carbocycles. The van der Waals surface area contributed by atoms with Crippen molar-refractivity contribution in [2.24, 2.45) is 22.7 Å². The van der Waals surface area contributed by atoms with Gasteiger partial charge < -0.3 is 9.47 Å². The second-order valence-corrected chi connectivity index (χ2v) is 8.07. The molecular formula is C21H22N2O4. The van der Waals surface area contributed by atoms with Crippen LogP contribution in [-0.4, -0.2) is 49.3 Å². The van der Waals surface area contributed by atoms with Crippen molar-refractivity contribution in [2.45, 2.75) is 37.1 Å². The molecule has 27 heavy (non-hydrogen) atoms. The zero-order chi connectivity index (χ0) is 18.5. The van der Waals surface area contributed by atoms with Crippen LogP contribution >= 0.6 is 0 Å². The summed E-state index contributed by atoms with van der Waals surface area (Å²) in [6.07, 6.45) is 2.59. The number of hydroxylamine groups is 2. The van der Waals surface area contributed by atoms with Crippen LogP contribution in [0.15, 0.2) is 40.9 Å². The van der Waals surface area contributed by atoms with Crippen LogP contribution in [-0.2, 0) is 24.5 Å². The highest BCUT2D eigenvalue weighted by Gasteiger charge is 2.78. The highest BCUT2D eigenvalue weighted by Crippen LogP contribution is 2.69. The molecule has 0 N–H and O–H groups in total. The third kappa shape index (κ3) is 1.53. The molecule has 6 aliphatic rings. The van der Waals surface area contributed by atoms with Crippen LogP contribution in [0.4, 0.5) is 5.69 Å². The van der Waals surface area contributed by atoms with Crippen molar-refractivity contribution >= 4 is 17.4 Å². The largest absolute Gasteiger partial charge is 0.469 e. The van der Waals surface area contributed by atoms with Crippen molar-refractivity contribution < 1.29 is 19.1 Å². The number of carbonyl (C=O) groups is 1. The van der Waals surface area contributed by atoms with Crippen LogP contribution in [0.1, 0.15) is 18.9 Å². The van der Waals surface area contributed by atoms with Gasteiger partial charge >= 0.3 is 5.97 Å². The van der Waals surface area contributed by atoms with E-state index < -0.39 is 11.7 Å². The maximum atomic E-state index is 13.2. The number of piperidine rings is 2. The maximum absolute atomic E-state index is 13.2. The van der Waals surface area contributed by atoms with Gasteiger partial charge in [0, 0.05) is 13.0 Å². The summed E-state index contributed by atoms with van der Waals surface area (Å²) in [7, 11) is 3.17. The van der Waals surface area contributed by atoms with Gasteiger partial charge in [-0.25, -0.2) is 0 Å². The van der Waals surface area contributed by atoms with Crippen molar-refractivity contribution in [2.75, 3.05) is 14.2 Å². The Kier molecular flexibility index (Phi) is 3.00. The van der Waals surface area contributed by atoms with Gasteiger partial charge in [0.15, 0.2) is 6.29 Å². The minimum absolute atomic E-state index is 0.0204. The number of nitrogens with zero attached hydrogens (tertiary/aromatic N) is 2. The average Bonchev–Trinajstić information content (AvgIpc) is 3.23. The molecule has 140 valence electrons. The van der Waals surface area contributed by atoms with E-state index >= 15 is 0 Å². The van der Waals surface area contributed by atoms with Crippen LogP contribution in [0.25, 0.3) is 0 Å². The van der Waals surface area contributed by atoms with E-state index in [9.17, 15) is 4.79 Å². The molecule has 3 saturated heterocycles. The lowest BCUT2D eigenvalue weighted by Gasteiger charge is -2.63. The number of fused-ring (bicyclic) bond motifs is 1. The number of carbonyl (C=O) groups excluding carboxylic acids is 1.